The Kier molecular flexibility index (Phi) is 7.20. The maximum Gasteiger partial charge on any atom is 0.317 e. The minimum absolute atomic E-state index is 0.00143. The first-order valence-corrected chi connectivity index (χ1v) is 9.12. The van der Waals surface area contributed by atoms with Crippen LogP contribution in [0.1, 0.15) is 13.8 Å². The van der Waals surface area contributed by atoms with Crippen LogP contribution in [0.15, 0.2) is 18.2 Å². The van der Waals surface area contributed by atoms with E-state index in [2.05, 4.69) is 15.5 Å². The van der Waals surface area contributed by atoms with E-state index in [1.165, 1.54) is 0 Å². The molecule has 3 amide bonds. The van der Waals surface area contributed by atoms with Crippen LogP contribution in [0.3, 0.4) is 0 Å². The summed E-state index contributed by atoms with van der Waals surface area (Å²) in [6, 6.07) is 5.31. The average molecular weight is 387 g/mol. The molecule has 1 fully saturated rings. The van der Waals surface area contributed by atoms with Crippen molar-refractivity contribution in [2.24, 2.45) is 5.92 Å². The first-order valence-electron chi connectivity index (χ1n) is 8.36. The minimum Gasteiger partial charge on any atom is -0.368 e. The number of carbonyl (C=O) groups is 2. The van der Waals surface area contributed by atoms with Crippen LogP contribution in [-0.4, -0.2) is 56.1 Å². The number of carbonyl (C=O) groups excluding carboxylic acids is 2. The third-order valence-electron chi connectivity index (χ3n) is 3.94. The minimum atomic E-state index is -0.214. The molecule has 0 unspecified atom stereocenters. The molecule has 0 aliphatic carbocycles. The van der Waals surface area contributed by atoms with Gasteiger partial charge in [-0.3, -0.25) is 4.79 Å². The molecule has 138 valence electrons. The lowest BCUT2D eigenvalue weighted by Gasteiger charge is -2.36. The number of rotatable bonds is 5. The maximum absolute atomic E-state index is 12.2. The van der Waals surface area contributed by atoms with Crippen LogP contribution in [0.25, 0.3) is 0 Å². The molecule has 0 spiro atoms. The van der Waals surface area contributed by atoms with Crippen molar-refractivity contribution in [2.75, 3.05) is 44.2 Å². The molecule has 8 heteroatoms. The predicted molar refractivity (Wildman–Crippen MR) is 101 cm³/mol. The summed E-state index contributed by atoms with van der Waals surface area (Å²) in [4.78, 5) is 27.7. The molecular formula is C17H24Cl2N4O2. The summed E-state index contributed by atoms with van der Waals surface area (Å²) < 4.78 is 0. The highest BCUT2D eigenvalue weighted by molar-refractivity contribution is 6.42. The van der Waals surface area contributed by atoms with Crippen LogP contribution >= 0.6 is 23.2 Å². The number of piperazine rings is 1. The van der Waals surface area contributed by atoms with Gasteiger partial charge in [-0.1, -0.05) is 37.0 Å². The number of urea groups is 1. The Labute approximate surface area is 158 Å². The van der Waals surface area contributed by atoms with E-state index >= 15 is 0 Å². The van der Waals surface area contributed by atoms with Gasteiger partial charge in [-0.15, -0.1) is 0 Å². The van der Waals surface area contributed by atoms with Crippen LogP contribution in [-0.2, 0) is 4.79 Å². The lowest BCUT2D eigenvalue weighted by atomic mass is 10.2. The summed E-state index contributed by atoms with van der Waals surface area (Å²) in [5.74, 6) is 0.214. The van der Waals surface area contributed by atoms with Gasteiger partial charge in [-0.05, 0) is 24.1 Å². The van der Waals surface area contributed by atoms with Crippen molar-refractivity contribution in [1.29, 1.82) is 0 Å². The number of nitrogens with one attached hydrogen (secondary N) is 2. The Morgan fingerprint density at radius 2 is 1.76 bits per heavy atom. The number of hydrogen-bond acceptors (Lipinski definition) is 3. The third-order valence-corrected chi connectivity index (χ3v) is 4.68. The molecule has 1 aliphatic heterocycles. The summed E-state index contributed by atoms with van der Waals surface area (Å²) in [7, 11) is 0. The average Bonchev–Trinajstić information content (AvgIpc) is 2.60. The van der Waals surface area contributed by atoms with Crippen molar-refractivity contribution < 1.29 is 9.59 Å². The first kappa shape index (κ1) is 19.7. The van der Waals surface area contributed by atoms with Gasteiger partial charge in [0.15, 0.2) is 0 Å². The smallest absolute Gasteiger partial charge is 0.317 e. The molecule has 0 aromatic heterocycles. The van der Waals surface area contributed by atoms with Gasteiger partial charge >= 0.3 is 6.03 Å². The Morgan fingerprint density at radius 3 is 2.36 bits per heavy atom. The second kappa shape index (κ2) is 9.15. The molecule has 1 saturated heterocycles. The number of anilines is 1. The molecule has 0 saturated carbocycles. The molecule has 2 rings (SSSR count). The SMILES string of the molecule is CC(C)CNC(=O)CNC(=O)N1CCN(c2ccc(Cl)c(Cl)c2)CC1. The molecular weight excluding hydrogens is 363 g/mol. The highest BCUT2D eigenvalue weighted by atomic mass is 35.5. The quantitative estimate of drug-likeness (QED) is 0.817. The summed E-state index contributed by atoms with van der Waals surface area (Å²) in [6.45, 7) is 7.21. The van der Waals surface area contributed by atoms with Crippen molar-refractivity contribution in [1.82, 2.24) is 15.5 Å². The molecule has 6 nitrogen and oxygen atoms in total. The molecule has 1 heterocycles. The van der Waals surface area contributed by atoms with E-state index in [0.717, 1.165) is 5.69 Å². The van der Waals surface area contributed by atoms with Crippen LogP contribution < -0.4 is 15.5 Å². The monoisotopic (exact) mass is 386 g/mol. The van der Waals surface area contributed by atoms with Crippen molar-refractivity contribution in [3.05, 3.63) is 28.2 Å². The number of nitrogens with zero attached hydrogens (tertiary/aromatic N) is 2. The van der Waals surface area contributed by atoms with Gasteiger partial charge in [0, 0.05) is 38.4 Å². The zero-order valence-electron chi connectivity index (χ0n) is 14.5. The van der Waals surface area contributed by atoms with E-state index in [0.29, 0.717) is 48.7 Å². The molecule has 1 aromatic carbocycles. The van der Waals surface area contributed by atoms with Crippen molar-refractivity contribution >= 4 is 40.8 Å². The summed E-state index contributed by atoms with van der Waals surface area (Å²) >= 11 is 12.0. The fourth-order valence-corrected chi connectivity index (χ4v) is 2.79. The number of amides is 3. The van der Waals surface area contributed by atoms with Crippen molar-refractivity contribution in [3.8, 4) is 0 Å². The summed E-state index contributed by atoms with van der Waals surface area (Å²) in [5.41, 5.74) is 0.988. The van der Waals surface area contributed by atoms with Crippen molar-refractivity contribution in [2.45, 2.75) is 13.8 Å². The standard InChI is InChI=1S/C17H24Cl2N4O2/c1-12(2)10-20-16(24)11-21-17(25)23-7-5-22(6-8-23)13-3-4-14(18)15(19)9-13/h3-4,9,12H,5-8,10-11H2,1-2H3,(H,20,24)(H,21,25). The molecule has 0 radical (unpaired) electrons. The Hall–Kier alpha value is -1.66. The van der Waals surface area contributed by atoms with Gasteiger partial charge < -0.3 is 20.4 Å². The summed E-state index contributed by atoms with van der Waals surface area (Å²) in [5, 5.41) is 6.49. The topological polar surface area (TPSA) is 64.7 Å². The van der Waals surface area contributed by atoms with E-state index in [1.54, 1.807) is 11.0 Å². The van der Waals surface area contributed by atoms with Crippen LogP contribution in [0, 0.1) is 5.92 Å². The van der Waals surface area contributed by atoms with E-state index in [9.17, 15) is 9.59 Å². The zero-order chi connectivity index (χ0) is 18.4. The van der Waals surface area contributed by atoms with E-state index in [4.69, 9.17) is 23.2 Å². The van der Waals surface area contributed by atoms with Crippen molar-refractivity contribution in [3.63, 3.8) is 0 Å². The second-order valence-electron chi connectivity index (χ2n) is 6.43. The highest BCUT2D eigenvalue weighted by Crippen LogP contribution is 2.27. The Bertz CT molecular complexity index is 617. The Balaban J connectivity index is 1.76. The second-order valence-corrected chi connectivity index (χ2v) is 7.24. The maximum atomic E-state index is 12.2. The van der Waals surface area contributed by atoms with E-state index < -0.39 is 0 Å². The molecule has 1 aromatic rings. The van der Waals surface area contributed by atoms with Crippen LogP contribution in [0.5, 0.6) is 0 Å². The lowest BCUT2D eigenvalue weighted by molar-refractivity contribution is -0.120. The fraction of sp³-hybridized carbons (Fsp3) is 0.529. The first-order chi connectivity index (χ1) is 11.9. The molecule has 0 bridgehead atoms. The zero-order valence-corrected chi connectivity index (χ0v) is 16.0. The molecule has 1 aliphatic rings. The van der Waals surface area contributed by atoms with Gasteiger partial charge in [0.1, 0.15) is 0 Å². The van der Waals surface area contributed by atoms with Gasteiger partial charge in [0.05, 0.1) is 16.6 Å². The predicted octanol–water partition coefficient (Wildman–Crippen LogP) is 2.60. The Morgan fingerprint density at radius 1 is 1.08 bits per heavy atom. The fourth-order valence-electron chi connectivity index (χ4n) is 2.50. The molecule has 0 atom stereocenters. The van der Waals surface area contributed by atoms with Gasteiger partial charge in [-0.25, -0.2) is 4.79 Å². The number of hydrogen-bond donors (Lipinski definition) is 2. The van der Waals surface area contributed by atoms with Gasteiger partial charge in [0.25, 0.3) is 0 Å². The highest BCUT2D eigenvalue weighted by Gasteiger charge is 2.22. The lowest BCUT2D eigenvalue weighted by Crippen LogP contribution is -2.53. The van der Waals surface area contributed by atoms with Crippen LogP contribution in [0.4, 0.5) is 10.5 Å². The van der Waals surface area contributed by atoms with E-state index in [-0.39, 0.29) is 18.5 Å². The molecule has 25 heavy (non-hydrogen) atoms. The van der Waals surface area contributed by atoms with E-state index in [1.807, 2.05) is 26.0 Å². The van der Waals surface area contributed by atoms with Gasteiger partial charge in [-0.2, -0.15) is 0 Å². The van der Waals surface area contributed by atoms with Gasteiger partial charge in [0.2, 0.25) is 5.91 Å². The largest absolute Gasteiger partial charge is 0.368 e. The number of halogens is 2. The summed E-state index contributed by atoms with van der Waals surface area (Å²) in [6.07, 6.45) is 0. The normalized spacial score (nSPS) is 14.6. The van der Waals surface area contributed by atoms with Crippen LogP contribution in [0.2, 0.25) is 10.0 Å². The molecule has 2 N–H and O–H groups in total. The third kappa shape index (κ3) is 5.97. The number of benzene rings is 1.